The van der Waals surface area contributed by atoms with Crippen molar-refractivity contribution in [3.8, 4) is 0 Å². The van der Waals surface area contributed by atoms with Gasteiger partial charge < -0.3 is 15.7 Å². The Morgan fingerprint density at radius 2 is 2.24 bits per heavy atom. The van der Waals surface area contributed by atoms with E-state index >= 15 is 0 Å². The van der Waals surface area contributed by atoms with Crippen molar-refractivity contribution in [1.82, 2.24) is 5.32 Å². The van der Waals surface area contributed by atoms with Gasteiger partial charge in [-0.2, -0.15) is 0 Å². The van der Waals surface area contributed by atoms with Crippen molar-refractivity contribution in [2.24, 2.45) is 0 Å². The molecule has 3 nitrogen and oxygen atoms in total. The van der Waals surface area contributed by atoms with Gasteiger partial charge in [0.15, 0.2) is 0 Å². The molecule has 1 aliphatic heterocycles. The van der Waals surface area contributed by atoms with Crippen LogP contribution in [-0.4, -0.2) is 30.3 Å². The highest BCUT2D eigenvalue weighted by Crippen LogP contribution is 2.30. The molecular weight excluding hydrogens is 212 g/mol. The van der Waals surface area contributed by atoms with E-state index in [1.807, 2.05) is 20.0 Å². The molecule has 0 spiro atoms. The van der Waals surface area contributed by atoms with Crippen molar-refractivity contribution < 1.29 is 5.11 Å². The number of nitrogens with one attached hydrogen (secondary N) is 2. The van der Waals surface area contributed by atoms with E-state index in [4.69, 9.17) is 0 Å². The Bertz CT molecular complexity index is 376. The van der Waals surface area contributed by atoms with Gasteiger partial charge in [-0.15, -0.1) is 0 Å². The number of hydrogen-bond donors (Lipinski definition) is 3. The van der Waals surface area contributed by atoms with Gasteiger partial charge in [0.2, 0.25) is 0 Å². The van der Waals surface area contributed by atoms with Gasteiger partial charge >= 0.3 is 0 Å². The highest BCUT2D eigenvalue weighted by molar-refractivity contribution is 5.54. The zero-order chi connectivity index (χ0) is 12.3. The number of aryl methyl sites for hydroxylation is 1. The number of aliphatic hydroxyl groups is 1. The molecular formula is C14H22N2O. The minimum Gasteiger partial charge on any atom is -0.388 e. The first-order chi connectivity index (χ1) is 8.13. The summed E-state index contributed by atoms with van der Waals surface area (Å²) in [6.07, 6.45) is 2.81. The van der Waals surface area contributed by atoms with Crippen molar-refractivity contribution in [2.75, 3.05) is 18.9 Å². The molecule has 2 unspecified atom stereocenters. The molecule has 0 aliphatic carbocycles. The Morgan fingerprint density at radius 1 is 1.47 bits per heavy atom. The Balaban J connectivity index is 2.06. The van der Waals surface area contributed by atoms with Crippen LogP contribution in [0.1, 0.15) is 25.3 Å². The number of para-hydroxylation sites is 1. The Hall–Kier alpha value is -1.06. The number of benzene rings is 1. The number of hydrogen-bond acceptors (Lipinski definition) is 3. The molecule has 3 N–H and O–H groups in total. The SMILES string of the molecule is CNCCC(C)(O)C1CCc2ccccc2N1. The van der Waals surface area contributed by atoms with Crippen LogP contribution in [0.5, 0.6) is 0 Å². The quantitative estimate of drug-likeness (QED) is 0.744. The van der Waals surface area contributed by atoms with E-state index in [0.717, 1.165) is 25.8 Å². The van der Waals surface area contributed by atoms with Crippen molar-refractivity contribution >= 4 is 5.69 Å². The van der Waals surface area contributed by atoms with Gasteiger partial charge in [-0.1, -0.05) is 18.2 Å². The van der Waals surface area contributed by atoms with Crippen LogP contribution in [0.4, 0.5) is 5.69 Å². The summed E-state index contributed by atoms with van der Waals surface area (Å²) in [5.41, 5.74) is 1.87. The fraction of sp³-hybridized carbons (Fsp3) is 0.571. The molecule has 0 saturated carbocycles. The monoisotopic (exact) mass is 234 g/mol. The van der Waals surface area contributed by atoms with Crippen LogP contribution in [0, 0.1) is 0 Å². The van der Waals surface area contributed by atoms with Crippen LogP contribution in [0.25, 0.3) is 0 Å². The summed E-state index contributed by atoms with van der Waals surface area (Å²) in [6.45, 7) is 2.77. The van der Waals surface area contributed by atoms with Crippen molar-refractivity contribution in [2.45, 2.75) is 37.8 Å². The molecule has 1 heterocycles. The maximum atomic E-state index is 10.5. The smallest absolute Gasteiger partial charge is 0.0831 e. The minimum atomic E-state index is -0.656. The maximum absolute atomic E-state index is 10.5. The van der Waals surface area contributed by atoms with Crippen LogP contribution in [0.2, 0.25) is 0 Å². The molecule has 0 fully saturated rings. The van der Waals surface area contributed by atoms with E-state index < -0.39 is 5.60 Å². The Morgan fingerprint density at radius 3 is 3.00 bits per heavy atom. The summed E-state index contributed by atoms with van der Waals surface area (Å²) in [7, 11) is 1.92. The maximum Gasteiger partial charge on any atom is 0.0831 e. The summed E-state index contributed by atoms with van der Waals surface area (Å²) in [5.74, 6) is 0. The third-order valence-electron chi connectivity index (χ3n) is 3.68. The third kappa shape index (κ3) is 2.79. The van der Waals surface area contributed by atoms with Crippen LogP contribution >= 0.6 is 0 Å². The molecule has 0 saturated heterocycles. The number of rotatable bonds is 4. The Labute approximate surface area is 103 Å². The van der Waals surface area contributed by atoms with E-state index in [1.165, 1.54) is 11.3 Å². The first kappa shape index (κ1) is 12.4. The van der Waals surface area contributed by atoms with Gasteiger partial charge in [0.1, 0.15) is 0 Å². The van der Waals surface area contributed by atoms with E-state index in [1.54, 1.807) is 0 Å². The van der Waals surface area contributed by atoms with E-state index in [-0.39, 0.29) is 6.04 Å². The van der Waals surface area contributed by atoms with Gasteiger partial charge in [-0.25, -0.2) is 0 Å². The lowest BCUT2D eigenvalue weighted by Crippen LogP contribution is -2.47. The molecule has 1 aliphatic rings. The second-order valence-corrected chi connectivity index (χ2v) is 5.10. The summed E-state index contributed by atoms with van der Waals surface area (Å²) in [5, 5.41) is 17.1. The standard InChI is InChI=1S/C14H22N2O/c1-14(17,9-10-15-2)13-8-7-11-5-3-4-6-12(11)16-13/h3-6,13,15-17H,7-10H2,1-2H3. The molecule has 1 aromatic carbocycles. The molecule has 0 amide bonds. The lowest BCUT2D eigenvalue weighted by molar-refractivity contribution is 0.0282. The molecule has 2 rings (SSSR count). The van der Waals surface area contributed by atoms with Gasteiger partial charge in [-0.3, -0.25) is 0 Å². The zero-order valence-corrected chi connectivity index (χ0v) is 10.7. The van der Waals surface area contributed by atoms with Crippen LogP contribution in [0.15, 0.2) is 24.3 Å². The molecule has 3 heteroatoms. The van der Waals surface area contributed by atoms with Gasteiger partial charge in [0.05, 0.1) is 11.6 Å². The van der Waals surface area contributed by atoms with E-state index in [2.05, 4.69) is 28.8 Å². The predicted octanol–water partition coefficient (Wildman–Crippen LogP) is 1.77. The molecule has 1 aromatic rings. The fourth-order valence-electron chi connectivity index (χ4n) is 2.46. The fourth-order valence-corrected chi connectivity index (χ4v) is 2.46. The molecule has 0 bridgehead atoms. The van der Waals surface area contributed by atoms with Crippen molar-refractivity contribution in [1.29, 1.82) is 0 Å². The summed E-state index contributed by atoms with van der Waals surface area (Å²) in [6, 6.07) is 8.50. The highest BCUT2D eigenvalue weighted by Gasteiger charge is 2.33. The number of anilines is 1. The lowest BCUT2D eigenvalue weighted by Gasteiger charge is -2.37. The van der Waals surface area contributed by atoms with Crippen LogP contribution in [-0.2, 0) is 6.42 Å². The summed E-state index contributed by atoms with van der Waals surface area (Å²) >= 11 is 0. The molecule has 2 atom stereocenters. The third-order valence-corrected chi connectivity index (χ3v) is 3.68. The van der Waals surface area contributed by atoms with Crippen molar-refractivity contribution in [3.05, 3.63) is 29.8 Å². The molecule has 0 radical (unpaired) electrons. The van der Waals surface area contributed by atoms with Crippen molar-refractivity contribution in [3.63, 3.8) is 0 Å². The van der Waals surface area contributed by atoms with E-state index in [0.29, 0.717) is 0 Å². The first-order valence-corrected chi connectivity index (χ1v) is 6.35. The largest absolute Gasteiger partial charge is 0.388 e. The topological polar surface area (TPSA) is 44.3 Å². The van der Waals surface area contributed by atoms with Crippen LogP contribution in [0.3, 0.4) is 0 Å². The second-order valence-electron chi connectivity index (χ2n) is 5.10. The predicted molar refractivity (Wildman–Crippen MR) is 71.3 cm³/mol. The Kier molecular flexibility index (Phi) is 3.69. The average Bonchev–Trinajstić information content (AvgIpc) is 2.36. The van der Waals surface area contributed by atoms with E-state index in [9.17, 15) is 5.11 Å². The normalized spacial score (nSPS) is 22.4. The zero-order valence-electron chi connectivity index (χ0n) is 10.7. The molecule has 17 heavy (non-hydrogen) atoms. The van der Waals surface area contributed by atoms with Gasteiger partial charge in [0.25, 0.3) is 0 Å². The second kappa shape index (κ2) is 5.07. The van der Waals surface area contributed by atoms with Gasteiger partial charge in [0, 0.05) is 5.69 Å². The molecule has 94 valence electrons. The first-order valence-electron chi connectivity index (χ1n) is 6.35. The highest BCUT2D eigenvalue weighted by atomic mass is 16.3. The minimum absolute atomic E-state index is 0.144. The van der Waals surface area contributed by atoms with Gasteiger partial charge in [-0.05, 0) is 51.4 Å². The average molecular weight is 234 g/mol. The van der Waals surface area contributed by atoms with Crippen LogP contribution < -0.4 is 10.6 Å². The molecule has 0 aromatic heterocycles. The summed E-state index contributed by atoms with van der Waals surface area (Å²) < 4.78 is 0. The summed E-state index contributed by atoms with van der Waals surface area (Å²) in [4.78, 5) is 0. The number of fused-ring (bicyclic) bond motifs is 1. The lowest BCUT2D eigenvalue weighted by atomic mass is 9.85.